The van der Waals surface area contributed by atoms with Crippen molar-refractivity contribution in [1.29, 1.82) is 0 Å². The Morgan fingerprint density at radius 1 is 1.50 bits per heavy atom. The van der Waals surface area contributed by atoms with Gasteiger partial charge in [-0.2, -0.15) is 0 Å². The maximum atomic E-state index is 10.9. The molecule has 12 heavy (non-hydrogen) atoms. The number of aliphatic hydroxyl groups is 1. The van der Waals surface area contributed by atoms with Gasteiger partial charge in [0, 0.05) is 13.1 Å². The Kier molecular flexibility index (Phi) is 2.65. The van der Waals surface area contributed by atoms with Crippen LogP contribution in [0.25, 0.3) is 0 Å². The zero-order valence-corrected chi connectivity index (χ0v) is 6.56. The fourth-order valence-corrected chi connectivity index (χ4v) is 1.29. The van der Waals surface area contributed by atoms with E-state index in [-0.39, 0.29) is 6.54 Å². The van der Waals surface area contributed by atoms with Crippen LogP contribution in [0.4, 0.5) is 0 Å². The van der Waals surface area contributed by atoms with E-state index in [0.29, 0.717) is 13.0 Å². The fraction of sp³-hybridized carbons (Fsp3) is 0.714. The zero-order valence-electron chi connectivity index (χ0n) is 6.56. The van der Waals surface area contributed by atoms with E-state index in [4.69, 9.17) is 10.2 Å². The quantitative estimate of drug-likeness (QED) is 0.556. The predicted molar refractivity (Wildman–Crippen MR) is 39.4 cm³/mol. The second kappa shape index (κ2) is 3.53. The molecule has 5 heteroatoms. The predicted octanol–water partition coefficient (Wildman–Crippen LogP) is -1.09. The topological polar surface area (TPSA) is 77.8 Å². The fourth-order valence-electron chi connectivity index (χ4n) is 1.29. The minimum Gasteiger partial charge on any atom is -0.481 e. The van der Waals surface area contributed by atoms with E-state index in [0.717, 1.165) is 0 Å². The molecule has 1 aliphatic heterocycles. The summed E-state index contributed by atoms with van der Waals surface area (Å²) in [5, 5.41) is 17.1. The number of hydrogen-bond donors (Lipinski definition) is 2. The van der Waals surface area contributed by atoms with Crippen molar-refractivity contribution in [3.05, 3.63) is 0 Å². The zero-order chi connectivity index (χ0) is 9.14. The summed E-state index contributed by atoms with van der Waals surface area (Å²) < 4.78 is 0. The molecule has 1 aliphatic rings. The van der Waals surface area contributed by atoms with E-state index in [1.807, 2.05) is 0 Å². The van der Waals surface area contributed by atoms with Crippen LogP contribution in [0.1, 0.15) is 6.42 Å². The average Bonchev–Trinajstić information content (AvgIpc) is 2.51. The smallest absolute Gasteiger partial charge is 0.308 e. The van der Waals surface area contributed by atoms with Crippen molar-refractivity contribution in [1.82, 2.24) is 4.90 Å². The first-order chi connectivity index (χ1) is 5.65. The van der Waals surface area contributed by atoms with E-state index >= 15 is 0 Å². The number of carbonyl (C=O) groups excluding carboxylic acids is 1. The maximum absolute atomic E-state index is 10.9. The lowest BCUT2D eigenvalue weighted by atomic mass is 10.1. The number of rotatable bonds is 2. The molecule has 0 aliphatic carbocycles. The molecule has 68 valence electrons. The van der Waals surface area contributed by atoms with Gasteiger partial charge in [0.15, 0.2) is 0 Å². The summed E-state index contributed by atoms with van der Waals surface area (Å²) in [6.45, 7) is 0.136. The van der Waals surface area contributed by atoms with E-state index in [2.05, 4.69) is 0 Å². The van der Waals surface area contributed by atoms with Crippen LogP contribution in [0.15, 0.2) is 0 Å². The Hall–Kier alpha value is -1.10. The number of nitrogens with zero attached hydrogens (tertiary/aromatic N) is 1. The molecule has 0 bridgehead atoms. The third kappa shape index (κ3) is 1.73. The number of carbonyl (C=O) groups is 2. The highest BCUT2D eigenvalue weighted by Crippen LogP contribution is 2.15. The van der Waals surface area contributed by atoms with Crippen molar-refractivity contribution >= 4 is 11.9 Å². The lowest BCUT2D eigenvalue weighted by molar-refractivity contribution is -0.141. The molecular formula is C7H11NO4. The lowest BCUT2D eigenvalue weighted by Crippen LogP contribution is -2.31. The van der Waals surface area contributed by atoms with E-state index < -0.39 is 24.4 Å². The molecule has 1 heterocycles. The third-order valence-electron chi connectivity index (χ3n) is 2.03. The summed E-state index contributed by atoms with van der Waals surface area (Å²) in [5.74, 6) is -1.72. The second-order valence-electron chi connectivity index (χ2n) is 2.82. The molecule has 2 N–H and O–H groups in total. The number of likely N-dealkylation sites (tertiary alicyclic amines) is 1. The van der Waals surface area contributed by atoms with Gasteiger partial charge in [-0.3, -0.25) is 9.59 Å². The molecule has 5 nitrogen and oxygen atoms in total. The molecule has 1 amide bonds. The Morgan fingerprint density at radius 2 is 2.17 bits per heavy atom. The van der Waals surface area contributed by atoms with Crippen molar-refractivity contribution in [3.63, 3.8) is 0 Å². The summed E-state index contributed by atoms with van der Waals surface area (Å²) in [5.41, 5.74) is 0. The Bertz CT molecular complexity index is 204. The van der Waals surface area contributed by atoms with Gasteiger partial charge < -0.3 is 15.1 Å². The van der Waals surface area contributed by atoms with Gasteiger partial charge in [-0.15, -0.1) is 0 Å². The Labute approximate surface area is 69.6 Å². The van der Waals surface area contributed by atoms with Crippen LogP contribution in [-0.2, 0) is 9.59 Å². The molecule has 0 unspecified atom stereocenters. The first-order valence-electron chi connectivity index (χ1n) is 3.76. The number of amides is 1. The third-order valence-corrected chi connectivity index (χ3v) is 2.03. The van der Waals surface area contributed by atoms with Crippen molar-refractivity contribution < 1.29 is 19.8 Å². The van der Waals surface area contributed by atoms with Crippen LogP contribution in [0.5, 0.6) is 0 Å². The van der Waals surface area contributed by atoms with E-state index in [9.17, 15) is 9.59 Å². The van der Waals surface area contributed by atoms with Crippen LogP contribution in [0.2, 0.25) is 0 Å². The van der Waals surface area contributed by atoms with Crippen molar-refractivity contribution in [2.24, 2.45) is 5.92 Å². The molecule has 1 saturated heterocycles. The standard InChI is InChI=1S/C7H11NO4/c9-4-6(10)8-2-1-5(3-8)7(11)12/h5,9H,1-4H2,(H,11,12)/t5-/m0/s1. The summed E-state index contributed by atoms with van der Waals surface area (Å²) in [4.78, 5) is 22.7. The van der Waals surface area contributed by atoms with Crippen LogP contribution in [0, 0.1) is 5.92 Å². The summed E-state index contributed by atoms with van der Waals surface area (Å²) in [6.07, 6.45) is 0.487. The highest BCUT2D eigenvalue weighted by Gasteiger charge is 2.30. The molecule has 0 aromatic rings. The summed E-state index contributed by atoms with van der Waals surface area (Å²) in [6, 6.07) is 0. The second-order valence-corrected chi connectivity index (χ2v) is 2.82. The van der Waals surface area contributed by atoms with Crippen LogP contribution in [-0.4, -0.2) is 46.7 Å². The molecule has 0 aromatic carbocycles. The molecule has 0 radical (unpaired) electrons. The van der Waals surface area contributed by atoms with E-state index in [1.54, 1.807) is 0 Å². The molecule has 1 fully saturated rings. The first-order valence-corrected chi connectivity index (χ1v) is 3.76. The van der Waals surface area contributed by atoms with Crippen molar-refractivity contribution in [2.45, 2.75) is 6.42 Å². The van der Waals surface area contributed by atoms with Gasteiger partial charge in [-0.25, -0.2) is 0 Å². The number of carboxylic acid groups (broad SMARTS) is 1. The van der Waals surface area contributed by atoms with Gasteiger partial charge in [0.05, 0.1) is 5.92 Å². The molecular weight excluding hydrogens is 162 g/mol. The highest BCUT2D eigenvalue weighted by molar-refractivity contribution is 5.79. The number of carboxylic acids is 1. The summed E-state index contributed by atoms with van der Waals surface area (Å²) in [7, 11) is 0. The van der Waals surface area contributed by atoms with Gasteiger partial charge in [0.2, 0.25) is 5.91 Å². The molecule has 1 rings (SSSR count). The van der Waals surface area contributed by atoms with Crippen molar-refractivity contribution in [3.8, 4) is 0 Å². The normalized spacial score (nSPS) is 22.8. The Morgan fingerprint density at radius 3 is 2.58 bits per heavy atom. The first kappa shape index (κ1) is 8.99. The van der Waals surface area contributed by atoms with Gasteiger partial charge in [0.25, 0.3) is 0 Å². The maximum Gasteiger partial charge on any atom is 0.308 e. The summed E-state index contributed by atoms with van der Waals surface area (Å²) >= 11 is 0. The average molecular weight is 173 g/mol. The van der Waals surface area contributed by atoms with Crippen molar-refractivity contribution in [2.75, 3.05) is 19.7 Å². The Balaban J connectivity index is 2.45. The van der Waals surface area contributed by atoms with Gasteiger partial charge in [0.1, 0.15) is 6.61 Å². The minimum absolute atomic E-state index is 0.231. The highest BCUT2D eigenvalue weighted by atomic mass is 16.4. The number of aliphatic carboxylic acids is 1. The SMILES string of the molecule is O=C(O)[C@H]1CCN(C(=O)CO)C1. The van der Waals surface area contributed by atoms with E-state index in [1.165, 1.54) is 4.90 Å². The van der Waals surface area contributed by atoms with Gasteiger partial charge in [-0.05, 0) is 6.42 Å². The van der Waals surface area contributed by atoms with Crippen LogP contribution >= 0.6 is 0 Å². The van der Waals surface area contributed by atoms with Gasteiger partial charge in [-0.1, -0.05) is 0 Å². The molecule has 0 spiro atoms. The number of aliphatic hydroxyl groups excluding tert-OH is 1. The monoisotopic (exact) mass is 173 g/mol. The lowest BCUT2D eigenvalue weighted by Gasteiger charge is -2.13. The number of hydrogen-bond acceptors (Lipinski definition) is 3. The van der Waals surface area contributed by atoms with Crippen LogP contribution < -0.4 is 0 Å². The minimum atomic E-state index is -0.872. The molecule has 0 saturated carbocycles. The largest absolute Gasteiger partial charge is 0.481 e. The molecule has 1 atom stereocenters. The van der Waals surface area contributed by atoms with Gasteiger partial charge >= 0.3 is 5.97 Å². The molecule has 0 aromatic heterocycles. The van der Waals surface area contributed by atoms with Crippen LogP contribution in [0.3, 0.4) is 0 Å².